The Morgan fingerprint density at radius 3 is 2.39 bits per heavy atom. The van der Waals surface area contributed by atoms with Gasteiger partial charge in [0, 0.05) is 10.2 Å². The number of aromatic nitrogens is 1. The smallest absolute Gasteiger partial charge is 0.311 e. The van der Waals surface area contributed by atoms with Crippen molar-refractivity contribution in [3.05, 3.63) is 75.6 Å². The minimum absolute atomic E-state index is 0.0556. The van der Waals surface area contributed by atoms with Crippen molar-refractivity contribution in [1.82, 2.24) is 5.16 Å². The van der Waals surface area contributed by atoms with Crippen molar-refractivity contribution >= 4 is 33.5 Å². The fourth-order valence-electron chi connectivity index (χ4n) is 2.80. The topological polar surface area (TPSA) is 90.7 Å². The molecule has 1 atom stereocenters. The first kappa shape index (κ1) is 22.6. The van der Waals surface area contributed by atoms with Crippen LogP contribution in [0.25, 0.3) is 0 Å². The summed E-state index contributed by atoms with van der Waals surface area (Å²) in [5.74, 6) is 0.524. The number of amides is 1. The first-order valence-electron chi connectivity index (χ1n) is 9.71. The lowest BCUT2D eigenvalue weighted by Gasteiger charge is -2.14. The Hall–Kier alpha value is -3.13. The van der Waals surface area contributed by atoms with Gasteiger partial charge in [0.15, 0.2) is 6.10 Å². The molecule has 1 amide bonds. The minimum atomic E-state index is -0.909. The number of anilines is 1. The van der Waals surface area contributed by atoms with Crippen molar-refractivity contribution in [2.75, 3.05) is 5.32 Å². The van der Waals surface area contributed by atoms with Gasteiger partial charge in [0.2, 0.25) is 0 Å². The number of nitrogens with zero attached hydrogens (tertiary/aromatic N) is 1. The summed E-state index contributed by atoms with van der Waals surface area (Å²) in [6.07, 6.45) is -0.853. The molecule has 162 valence electrons. The highest BCUT2D eigenvalue weighted by Gasteiger charge is 2.18. The Kier molecular flexibility index (Phi) is 7.46. The Bertz CT molecular complexity index is 1030. The third-order valence-corrected chi connectivity index (χ3v) is 5.15. The normalized spacial score (nSPS) is 11.6. The van der Waals surface area contributed by atoms with Crippen LogP contribution in [0.4, 0.5) is 5.69 Å². The van der Waals surface area contributed by atoms with Gasteiger partial charge < -0.3 is 19.3 Å². The van der Waals surface area contributed by atoms with Crippen LogP contribution in [0.2, 0.25) is 0 Å². The predicted molar refractivity (Wildman–Crippen MR) is 119 cm³/mol. The van der Waals surface area contributed by atoms with Crippen LogP contribution in [0, 0.1) is 13.8 Å². The number of benzene rings is 2. The second-order valence-electron chi connectivity index (χ2n) is 7.04. The van der Waals surface area contributed by atoms with Gasteiger partial charge in [-0.25, -0.2) is 0 Å². The lowest BCUT2D eigenvalue weighted by Crippen LogP contribution is -2.30. The lowest BCUT2D eigenvalue weighted by atomic mass is 10.1. The van der Waals surface area contributed by atoms with Gasteiger partial charge in [-0.05, 0) is 62.7 Å². The quantitative estimate of drug-likeness (QED) is 0.462. The molecule has 0 aliphatic rings. The van der Waals surface area contributed by atoms with Gasteiger partial charge in [0.25, 0.3) is 5.91 Å². The summed E-state index contributed by atoms with van der Waals surface area (Å²) in [4.78, 5) is 24.4. The molecule has 0 saturated carbocycles. The van der Waals surface area contributed by atoms with Crippen molar-refractivity contribution in [2.45, 2.75) is 39.9 Å². The fraction of sp³-hybridized carbons (Fsp3) is 0.261. The first-order chi connectivity index (χ1) is 14.8. The van der Waals surface area contributed by atoms with E-state index in [1.807, 2.05) is 26.0 Å². The van der Waals surface area contributed by atoms with Crippen molar-refractivity contribution in [1.29, 1.82) is 0 Å². The summed E-state index contributed by atoms with van der Waals surface area (Å²) in [7, 11) is 0. The van der Waals surface area contributed by atoms with E-state index in [9.17, 15) is 9.59 Å². The number of halogens is 1. The Labute approximate surface area is 188 Å². The van der Waals surface area contributed by atoms with E-state index in [0.717, 1.165) is 27.1 Å². The highest BCUT2D eigenvalue weighted by atomic mass is 79.9. The Morgan fingerprint density at radius 2 is 1.77 bits per heavy atom. The van der Waals surface area contributed by atoms with E-state index in [1.54, 1.807) is 36.4 Å². The summed E-state index contributed by atoms with van der Waals surface area (Å²) in [5.41, 5.74) is 3.11. The molecule has 0 saturated heterocycles. The number of ether oxygens (including phenoxy) is 2. The van der Waals surface area contributed by atoms with E-state index in [2.05, 4.69) is 26.4 Å². The van der Waals surface area contributed by atoms with Gasteiger partial charge in [0.05, 0.1) is 17.7 Å². The molecule has 0 bridgehead atoms. The number of hydrogen-bond donors (Lipinski definition) is 1. The van der Waals surface area contributed by atoms with Crippen LogP contribution >= 0.6 is 15.9 Å². The molecule has 2 aromatic carbocycles. The largest absolute Gasteiger partial charge is 0.489 e. The minimum Gasteiger partial charge on any atom is -0.489 e. The second kappa shape index (κ2) is 10.3. The van der Waals surface area contributed by atoms with Gasteiger partial charge in [-0.15, -0.1) is 0 Å². The first-order valence-corrected chi connectivity index (χ1v) is 10.5. The second-order valence-corrected chi connectivity index (χ2v) is 7.96. The molecule has 1 heterocycles. The lowest BCUT2D eigenvalue weighted by molar-refractivity contribution is -0.152. The van der Waals surface area contributed by atoms with Gasteiger partial charge in [-0.1, -0.05) is 33.2 Å². The number of esters is 1. The maximum absolute atomic E-state index is 12.2. The monoisotopic (exact) mass is 486 g/mol. The molecule has 0 radical (unpaired) electrons. The molecule has 8 heteroatoms. The molecule has 0 spiro atoms. The molecule has 3 rings (SSSR count). The summed E-state index contributed by atoms with van der Waals surface area (Å²) in [5, 5.41) is 6.62. The van der Waals surface area contributed by atoms with Crippen LogP contribution in [0.3, 0.4) is 0 Å². The van der Waals surface area contributed by atoms with Crippen LogP contribution in [0.1, 0.15) is 29.5 Å². The summed E-state index contributed by atoms with van der Waals surface area (Å²) in [6.45, 7) is 5.60. The van der Waals surface area contributed by atoms with Gasteiger partial charge in [-0.3, -0.25) is 9.59 Å². The van der Waals surface area contributed by atoms with Crippen molar-refractivity contribution in [2.24, 2.45) is 0 Å². The number of rotatable bonds is 8. The maximum atomic E-state index is 12.2. The van der Waals surface area contributed by atoms with Crippen LogP contribution in [-0.2, 0) is 27.4 Å². The zero-order chi connectivity index (χ0) is 22.4. The molecule has 1 N–H and O–H groups in total. The third-order valence-electron chi connectivity index (χ3n) is 4.63. The molecule has 3 aromatic rings. The molecule has 0 fully saturated rings. The number of carbonyl (C=O) groups is 2. The zero-order valence-electron chi connectivity index (χ0n) is 17.5. The van der Waals surface area contributed by atoms with E-state index in [0.29, 0.717) is 18.0 Å². The summed E-state index contributed by atoms with van der Waals surface area (Å²) >= 11 is 3.34. The summed E-state index contributed by atoms with van der Waals surface area (Å²) in [6, 6.07) is 14.3. The molecule has 1 aromatic heterocycles. The zero-order valence-corrected chi connectivity index (χ0v) is 19.1. The SMILES string of the molecule is Cc1noc(C)c1COc1ccc(CC(=O)OC(C)C(=O)Nc2ccc(Br)cc2)cc1. The van der Waals surface area contributed by atoms with E-state index >= 15 is 0 Å². The average molecular weight is 487 g/mol. The molecule has 31 heavy (non-hydrogen) atoms. The standard InChI is InChI=1S/C23H23BrN2O5/c1-14-21(15(2)31-26-14)13-29-20-10-4-17(5-11-20)12-22(27)30-16(3)23(28)25-19-8-6-18(24)7-9-19/h4-11,16H,12-13H2,1-3H3,(H,25,28). The third kappa shape index (κ3) is 6.42. The average Bonchev–Trinajstić information content (AvgIpc) is 3.06. The van der Waals surface area contributed by atoms with Gasteiger partial charge in [0.1, 0.15) is 18.1 Å². The van der Waals surface area contributed by atoms with E-state index in [4.69, 9.17) is 14.0 Å². The molecule has 0 aliphatic heterocycles. The fourth-order valence-corrected chi connectivity index (χ4v) is 3.07. The van der Waals surface area contributed by atoms with Crippen molar-refractivity contribution in [3.8, 4) is 5.75 Å². The molecular weight excluding hydrogens is 464 g/mol. The van der Waals surface area contributed by atoms with Crippen LogP contribution in [0.15, 0.2) is 57.5 Å². The van der Waals surface area contributed by atoms with Crippen LogP contribution in [-0.4, -0.2) is 23.1 Å². The molecule has 1 unspecified atom stereocenters. The highest BCUT2D eigenvalue weighted by Crippen LogP contribution is 2.19. The van der Waals surface area contributed by atoms with Crippen LogP contribution < -0.4 is 10.1 Å². The predicted octanol–water partition coefficient (Wildman–Crippen LogP) is 4.75. The van der Waals surface area contributed by atoms with E-state index < -0.39 is 18.0 Å². The molecule has 7 nitrogen and oxygen atoms in total. The highest BCUT2D eigenvalue weighted by molar-refractivity contribution is 9.10. The van der Waals surface area contributed by atoms with E-state index in [-0.39, 0.29) is 6.42 Å². The number of aryl methyl sites for hydroxylation is 2. The van der Waals surface area contributed by atoms with Crippen molar-refractivity contribution in [3.63, 3.8) is 0 Å². The van der Waals surface area contributed by atoms with Gasteiger partial charge >= 0.3 is 5.97 Å². The Balaban J connectivity index is 1.47. The van der Waals surface area contributed by atoms with E-state index in [1.165, 1.54) is 6.92 Å². The number of nitrogens with one attached hydrogen (secondary N) is 1. The molecule has 0 aliphatic carbocycles. The maximum Gasteiger partial charge on any atom is 0.311 e. The van der Waals surface area contributed by atoms with Crippen LogP contribution in [0.5, 0.6) is 5.75 Å². The number of carbonyl (C=O) groups excluding carboxylic acids is 2. The van der Waals surface area contributed by atoms with Crippen molar-refractivity contribution < 1.29 is 23.6 Å². The van der Waals surface area contributed by atoms with Gasteiger partial charge in [-0.2, -0.15) is 0 Å². The Morgan fingerprint density at radius 1 is 1.10 bits per heavy atom. The summed E-state index contributed by atoms with van der Waals surface area (Å²) < 4.78 is 17.0. The molecular formula is C23H23BrN2O5. The number of hydrogen-bond acceptors (Lipinski definition) is 6.